The van der Waals surface area contributed by atoms with E-state index in [1.165, 1.54) is 0 Å². The highest BCUT2D eigenvalue weighted by atomic mass is 16.6. The van der Waals surface area contributed by atoms with E-state index in [4.69, 9.17) is 9.84 Å². The Hall–Kier alpha value is -1.26. The zero-order chi connectivity index (χ0) is 16.1. The third-order valence-electron chi connectivity index (χ3n) is 3.10. The van der Waals surface area contributed by atoms with Crippen molar-refractivity contribution in [1.82, 2.24) is 5.32 Å². The third kappa shape index (κ3) is 7.36. The Bertz CT molecular complexity index is 323. The molecule has 0 fully saturated rings. The molecular formula is C15H29NO4. The summed E-state index contributed by atoms with van der Waals surface area (Å²) in [4.78, 5) is 22.9. The Balaban J connectivity index is 4.96. The van der Waals surface area contributed by atoms with Crippen LogP contribution in [0.2, 0.25) is 0 Å². The van der Waals surface area contributed by atoms with Crippen molar-refractivity contribution < 1.29 is 19.4 Å². The third-order valence-corrected chi connectivity index (χ3v) is 3.10. The molecule has 20 heavy (non-hydrogen) atoms. The number of alkyl carbamates (subject to hydrolysis) is 1. The van der Waals surface area contributed by atoms with Crippen LogP contribution in [0.25, 0.3) is 0 Å². The fraction of sp³-hybridized carbons (Fsp3) is 0.867. The van der Waals surface area contributed by atoms with Crippen LogP contribution in [-0.4, -0.2) is 28.8 Å². The van der Waals surface area contributed by atoms with Gasteiger partial charge in [-0.15, -0.1) is 0 Å². The molecular weight excluding hydrogens is 258 g/mol. The van der Waals surface area contributed by atoms with Gasteiger partial charge < -0.3 is 15.2 Å². The van der Waals surface area contributed by atoms with Crippen LogP contribution in [-0.2, 0) is 9.53 Å². The number of carboxylic acids is 1. The van der Waals surface area contributed by atoms with E-state index < -0.39 is 23.7 Å². The van der Waals surface area contributed by atoms with Gasteiger partial charge in [-0.25, -0.2) is 4.79 Å². The Labute approximate surface area is 122 Å². The summed E-state index contributed by atoms with van der Waals surface area (Å²) < 4.78 is 5.22. The summed E-state index contributed by atoms with van der Waals surface area (Å²) in [5.41, 5.74) is -0.594. The van der Waals surface area contributed by atoms with E-state index in [0.29, 0.717) is 0 Å². The van der Waals surface area contributed by atoms with Gasteiger partial charge in [0.15, 0.2) is 0 Å². The predicted octanol–water partition coefficient (Wildman–Crippen LogP) is 3.28. The van der Waals surface area contributed by atoms with Gasteiger partial charge in [0.2, 0.25) is 0 Å². The SMILES string of the molecule is CC(C)C(C(C)C)C(CC(=O)O)NC(=O)OC(C)(C)C. The highest BCUT2D eigenvalue weighted by Gasteiger charge is 2.31. The minimum Gasteiger partial charge on any atom is -0.481 e. The van der Waals surface area contributed by atoms with Crippen molar-refractivity contribution in [2.24, 2.45) is 17.8 Å². The molecule has 0 aliphatic carbocycles. The van der Waals surface area contributed by atoms with Crippen molar-refractivity contribution in [3.05, 3.63) is 0 Å². The first-order valence-corrected chi connectivity index (χ1v) is 7.15. The molecule has 1 amide bonds. The van der Waals surface area contributed by atoms with Gasteiger partial charge in [-0.3, -0.25) is 4.79 Å². The molecule has 0 saturated heterocycles. The van der Waals surface area contributed by atoms with Crippen LogP contribution in [0.1, 0.15) is 54.9 Å². The molecule has 0 aliphatic heterocycles. The Morgan fingerprint density at radius 1 is 1.10 bits per heavy atom. The van der Waals surface area contributed by atoms with Crippen molar-refractivity contribution in [2.75, 3.05) is 0 Å². The highest BCUT2D eigenvalue weighted by Crippen LogP contribution is 2.26. The van der Waals surface area contributed by atoms with Gasteiger partial charge in [0.25, 0.3) is 0 Å². The second-order valence-electron chi connectivity index (χ2n) is 6.92. The van der Waals surface area contributed by atoms with Crippen LogP contribution in [0, 0.1) is 17.8 Å². The van der Waals surface area contributed by atoms with Crippen LogP contribution in [0.5, 0.6) is 0 Å². The lowest BCUT2D eigenvalue weighted by Crippen LogP contribution is -2.47. The molecule has 5 heteroatoms. The summed E-state index contributed by atoms with van der Waals surface area (Å²) in [7, 11) is 0. The number of amides is 1. The molecule has 118 valence electrons. The van der Waals surface area contributed by atoms with Crippen molar-refractivity contribution in [1.29, 1.82) is 0 Å². The summed E-state index contributed by atoms with van der Waals surface area (Å²) in [6, 6.07) is -0.428. The molecule has 1 atom stereocenters. The highest BCUT2D eigenvalue weighted by molar-refractivity contribution is 5.71. The van der Waals surface area contributed by atoms with Crippen LogP contribution in [0.3, 0.4) is 0 Å². The monoisotopic (exact) mass is 287 g/mol. The van der Waals surface area contributed by atoms with Crippen molar-refractivity contribution in [3.8, 4) is 0 Å². The molecule has 0 bridgehead atoms. The topological polar surface area (TPSA) is 75.6 Å². The Morgan fingerprint density at radius 3 is 1.85 bits per heavy atom. The molecule has 1 unspecified atom stereocenters. The van der Waals surface area contributed by atoms with Crippen molar-refractivity contribution in [2.45, 2.75) is 66.5 Å². The lowest BCUT2D eigenvalue weighted by Gasteiger charge is -2.33. The van der Waals surface area contributed by atoms with Crippen molar-refractivity contribution in [3.63, 3.8) is 0 Å². The van der Waals surface area contributed by atoms with E-state index in [1.807, 2.05) is 27.7 Å². The first-order chi connectivity index (χ1) is 8.94. The zero-order valence-corrected chi connectivity index (χ0v) is 13.7. The Kier molecular flexibility index (Phi) is 7.03. The van der Waals surface area contributed by atoms with Crippen molar-refractivity contribution >= 4 is 12.1 Å². The number of carboxylic acid groups (broad SMARTS) is 1. The summed E-state index contributed by atoms with van der Waals surface area (Å²) in [5.74, 6) is -0.292. The molecule has 0 aliphatic rings. The molecule has 0 spiro atoms. The standard InChI is InChI=1S/C15H29NO4/c1-9(2)13(10(3)4)11(8-12(17)18)16-14(19)20-15(5,6)7/h9-11,13H,8H2,1-7H3,(H,16,19)(H,17,18). The summed E-state index contributed by atoms with van der Waals surface area (Å²) in [6.07, 6.45) is -0.657. The molecule has 5 nitrogen and oxygen atoms in total. The van der Waals surface area contributed by atoms with Gasteiger partial charge >= 0.3 is 12.1 Å². The Morgan fingerprint density at radius 2 is 1.55 bits per heavy atom. The summed E-state index contributed by atoms with van der Waals surface area (Å²) in [6.45, 7) is 13.5. The minimum atomic E-state index is -0.919. The van der Waals surface area contributed by atoms with Gasteiger partial charge in [0, 0.05) is 6.04 Å². The van der Waals surface area contributed by atoms with E-state index in [0.717, 1.165) is 0 Å². The van der Waals surface area contributed by atoms with Crippen LogP contribution in [0.4, 0.5) is 4.79 Å². The predicted molar refractivity (Wildman–Crippen MR) is 78.6 cm³/mol. The fourth-order valence-electron chi connectivity index (χ4n) is 2.63. The van der Waals surface area contributed by atoms with Crippen LogP contribution >= 0.6 is 0 Å². The number of carbonyl (C=O) groups excluding carboxylic acids is 1. The van der Waals surface area contributed by atoms with E-state index >= 15 is 0 Å². The number of carbonyl (C=O) groups is 2. The van der Waals surface area contributed by atoms with E-state index in [-0.39, 0.29) is 24.2 Å². The first kappa shape index (κ1) is 18.7. The lowest BCUT2D eigenvalue weighted by atomic mass is 9.78. The lowest BCUT2D eigenvalue weighted by molar-refractivity contribution is -0.138. The number of hydrogen-bond donors (Lipinski definition) is 2. The van der Waals surface area contributed by atoms with Gasteiger partial charge in [0.05, 0.1) is 6.42 Å². The van der Waals surface area contributed by atoms with Gasteiger partial charge in [-0.1, -0.05) is 27.7 Å². The van der Waals surface area contributed by atoms with Gasteiger partial charge in [-0.2, -0.15) is 0 Å². The molecule has 0 aromatic rings. The average molecular weight is 287 g/mol. The van der Waals surface area contributed by atoms with Crippen LogP contribution in [0.15, 0.2) is 0 Å². The van der Waals surface area contributed by atoms with Gasteiger partial charge in [-0.05, 0) is 38.5 Å². The van der Waals surface area contributed by atoms with E-state index in [1.54, 1.807) is 20.8 Å². The number of rotatable bonds is 6. The largest absolute Gasteiger partial charge is 0.481 e. The number of nitrogens with one attached hydrogen (secondary N) is 1. The number of ether oxygens (including phenoxy) is 1. The fourth-order valence-corrected chi connectivity index (χ4v) is 2.63. The second-order valence-corrected chi connectivity index (χ2v) is 6.92. The number of hydrogen-bond acceptors (Lipinski definition) is 3. The minimum absolute atomic E-state index is 0.0821. The second kappa shape index (κ2) is 7.50. The quantitative estimate of drug-likeness (QED) is 0.786. The van der Waals surface area contributed by atoms with Crippen LogP contribution < -0.4 is 5.32 Å². The molecule has 0 radical (unpaired) electrons. The molecule has 0 rings (SSSR count). The first-order valence-electron chi connectivity index (χ1n) is 7.15. The molecule has 2 N–H and O–H groups in total. The summed E-state index contributed by atoms with van der Waals surface area (Å²) >= 11 is 0. The maximum absolute atomic E-state index is 11.9. The molecule has 0 saturated carbocycles. The normalized spacial score (nSPS) is 13.7. The zero-order valence-electron chi connectivity index (χ0n) is 13.7. The van der Waals surface area contributed by atoms with Gasteiger partial charge in [0.1, 0.15) is 5.60 Å². The maximum atomic E-state index is 11.9. The summed E-state index contributed by atoms with van der Waals surface area (Å²) in [5, 5.41) is 11.8. The molecule has 0 aromatic heterocycles. The van der Waals surface area contributed by atoms with E-state index in [2.05, 4.69) is 5.32 Å². The smallest absolute Gasteiger partial charge is 0.407 e. The molecule has 0 heterocycles. The average Bonchev–Trinajstić information content (AvgIpc) is 2.10. The van der Waals surface area contributed by atoms with E-state index in [9.17, 15) is 9.59 Å². The molecule has 0 aromatic carbocycles. The number of aliphatic carboxylic acids is 1. The maximum Gasteiger partial charge on any atom is 0.407 e.